The smallest absolute Gasteiger partial charge is 0.209 e. The van der Waals surface area contributed by atoms with Crippen molar-refractivity contribution in [3.05, 3.63) is 59.6 Å². The second-order valence-electron chi connectivity index (χ2n) is 7.02. The molecule has 5 nitrogen and oxygen atoms in total. The Bertz CT molecular complexity index is 863. The van der Waals surface area contributed by atoms with E-state index in [9.17, 15) is 0 Å². The molecule has 1 aromatic carbocycles. The molecule has 1 aliphatic rings. The van der Waals surface area contributed by atoms with Crippen LogP contribution in [-0.2, 0) is 26.6 Å². The highest BCUT2D eigenvalue weighted by Crippen LogP contribution is 2.25. The SMILES string of the molecule is CC(C)c1nc2c(n1C)CCN(Cc1ncc(-c3ccccc3)o1)C2. The van der Waals surface area contributed by atoms with Crippen LogP contribution in [-0.4, -0.2) is 26.0 Å². The first kappa shape index (κ1) is 16.1. The van der Waals surface area contributed by atoms with Gasteiger partial charge in [0, 0.05) is 43.7 Å². The Morgan fingerprint density at radius 2 is 2.00 bits per heavy atom. The molecule has 0 aliphatic carbocycles. The highest BCUT2D eigenvalue weighted by atomic mass is 16.4. The summed E-state index contributed by atoms with van der Waals surface area (Å²) in [5, 5.41) is 0. The van der Waals surface area contributed by atoms with Gasteiger partial charge in [0.05, 0.1) is 18.4 Å². The minimum Gasteiger partial charge on any atom is -0.439 e. The van der Waals surface area contributed by atoms with Crippen LogP contribution < -0.4 is 0 Å². The van der Waals surface area contributed by atoms with Gasteiger partial charge < -0.3 is 8.98 Å². The van der Waals surface area contributed by atoms with Crippen LogP contribution in [0.1, 0.15) is 42.9 Å². The predicted molar refractivity (Wildman–Crippen MR) is 97.1 cm³/mol. The van der Waals surface area contributed by atoms with Crippen molar-refractivity contribution in [2.45, 2.75) is 39.3 Å². The summed E-state index contributed by atoms with van der Waals surface area (Å²) in [5.74, 6) is 3.22. The minimum absolute atomic E-state index is 0.448. The Morgan fingerprint density at radius 3 is 2.76 bits per heavy atom. The average molecular weight is 336 g/mol. The summed E-state index contributed by atoms with van der Waals surface area (Å²) < 4.78 is 8.22. The molecule has 0 fully saturated rings. The largest absolute Gasteiger partial charge is 0.439 e. The van der Waals surface area contributed by atoms with E-state index in [0.29, 0.717) is 5.92 Å². The molecule has 3 heterocycles. The summed E-state index contributed by atoms with van der Waals surface area (Å²) in [7, 11) is 2.14. The molecule has 0 bridgehead atoms. The van der Waals surface area contributed by atoms with Crippen LogP contribution in [0.15, 0.2) is 40.9 Å². The second kappa shape index (κ2) is 6.48. The van der Waals surface area contributed by atoms with Crippen LogP contribution in [0.5, 0.6) is 0 Å². The van der Waals surface area contributed by atoms with Crippen LogP contribution in [0.4, 0.5) is 0 Å². The van der Waals surface area contributed by atoms with E-state index >= 15 is 0 Å². The predicted octanol–water partition coefficient (Wildman–Crippen LogP) is 3.76. The Hall–Kier alpha value is -2.40. The van der Waals surface area contributed by atoms with Crippen LogP contribution in [0, 0.1) is 0 Å². The summed E-state index contributed by atoms with van der Waals surface area (Å²) in [6.45, 7) is 6.98. The first-order valence-corrected chi connectivity index (χ1v) is 8.88. The van der Waals surface area contributed by atoms with Gasteiger partial charge in [-0.25, -0.2) is 9.97 Å². The monoisotopic (exact) mass is 336 g/mol. The van der Waals surface area contributed by atoms with Crippen LogP contribution in [0.2, 0.25) is 0 Å². The van der Waals surface area contributed by atoms with Crippen molar-refractivity contribution in [2.24, 2.45) is 7.05 Å². The van der Waals surface area contributed by atoms with Crippen molar-refractivity contribution in [1.29, 1.82) is 0 Å². The summed E-state index contributed by atoms with van der Waals surface area (Å²) in [6, 6.07) is 10.1. The van der Waals surface area contributed by atoms with Crippen molar-refractivity contribution < 1.29 is 4.42 Å². The molecule has 0 atom stereocenters. The van der Waals surface area contributed by atoms with E-state index in [-0.39, 0.29) is 0 Å². The highest BCUT2D eigenvalue weighted by Gasteiger charge is 2.24. The van der Waals surface area contributed by atoms with E-state index in [1.165, 1.54) is 17.2 Å². The lowest BCUT2D eigenvalue weighted by molar-refractivity contribution is 0.217. The van der Waals surface area contributed by atoms with Gasteiger partial charge in [0.15, 0.2) is 5.76 Å². The molecular weight excluding hydrogens is 312 g/mol. The Morgan fingerprint density at radius 1 is 1.20 bits per heavy atom. The molecule has 0 spiro atoms. The summed E-state index contributed by atoms with van der Waals surface area (Å²) >= 11 is 0. The lowest BCUT2D eigenvalue weighted by Gasteiger charge is -2.25. The van der Waals surface area contributed by atoms with E-state index in [2.05, 4.69) is 35.3 Å². The van der Waals surface area contributed by atoms with Crippen LogP contribution in [0.25, 0.3) is 11.3 Å². The molecular formula is C20H24N4O. The van der Waals surface area contributed by atoms with E-state index in [1.807, 2.05) is 36.5 Å². The normalized spacial score (nSPS) is 14.9. The van der Waals surface area contributed by atoms with Gasteiger partial charge in [0.2, 0.25) is 5.89 Å². The molecule has 3 aromatic rings. The zero-order chi connectivity index (χ0) is 17.4. The molecule has 25 heavy (non-hydrogen) atoms. The van der Waals surface area contributed by atoms with Crippen LogP contribution >= 0.6 is 0 Å². The number of fused-ring (bicyclic) bond motifs is 1. The standard InChI is InChI=1S/C20H24N4O/c1-14(2)20-22-16-12-24(10-9-17(16)23(20)3)13-19-21-11-18(25-19)15-7-5-4-6-8-15/h4-8,11,14H,9-10,12-13H2,1-3H3. The summed E-state index contributed by atoms with van der Waals surface area (Å²) in [5.41, 5.74) is 3.64. The maximum absolute atomic E-state index is 5.95. The highest BCUT2D eigenvalue weighted by molar-refractivity contribution is 5.55. The van der Waals surface area contributed by atoms with Crippen molar-refractivity contribution in [3.63, 3.8) is 0 Å². The number of hydrogen-bond acceptors (Lipinski definition) is 4. The molecule has 0 amide bonds. The molecule has 0 saturated heterocycles. The van der Waals surface area contributed by atoms with E-state index in [0.717, 1.165) is 43.3 Å². The average Bonchev–Trinajstić information content (AvgIpc) is 3.21. The quantitative estimate of drug-likeness (QED) is 0.728. The minimum atomic E-state index is 0.448. The Kier molecular flexibility index (Phi) is 4.17. The zero-order valence-corrected chi connectivity index (χ0v) is 15.1. The molecule has 5 heteroatoms. The number of rotatable bonds is 4. The zero-order valence-electron chi connectivity index (χ0n) is 15.1. The Labute approximate surface area is 148 Å². The third-order valence-corrected chi connectivity index (χ3v) is 4.86. The topological polar surface area (TPSA) is 47.1 Å². The number of benzene rings is 1. The fourth-order valence-corrected chi connectivity index (χ4v) is 3.57. The number of hydrogen-bond donors (Lipinski definition) is 0. The fraction of sp³-hybridized carbons (Fsp3) is 0.400. The number of oxazole rings is 1. The van der Waals surface area contributed by atoms with Gasteiger partial charge in [0.25, 0.3) is 0 Å². The van der Waals surface area contributed by atoms with Gasteiger partial charge >= 0.3 is 0 Å². The van der Waals surface area contributed by atoms with Crippen molar-refractivity contribution in [3.8, 4) is 11.3 Å². The fourth-order valence-electron chi connectivity index (χ4n) is 3.57. The van der Waals surface area contributed by atoms with Crippen LogP contribution in [0.3, 0.4) is 0 Å². The lowest BCUT2D eigenvalue weighted by Crippen LogP contribution is -2.30. The molecule has 4 rings (SSSR count). The maximum atomic E-state index is 5.95. The van der Waals surface area contributed by atoms with E-state index < -0.39 is 0 Å². The third kappa shape index (κ3) is 3.12. The van der Waals surface area contributed by atoms with Gasteiger partial charge in [-0.3, -0.25) is 4.90 Å². The van der Waals surface area contributed by atoms with Crippen molar-refractivity contribution >= 4 is 0 Å². The third-order valence-electron chi connectivity index (χ3n) is 4.86. The lowest BCUT2D eigenvalue weighted by atomic mass is 10.1. The Balaban J connectivity index is 1.48. The van der Waals surface area contributed by atoms with E-state index in [1.54, 1.807) is 0 Å². The van der Waals surface area contributed by atoms with Crippen molar-refractivity contribution in [2.75, 3.05) is 6.54 Å². The van der Waals surface area contributed by atoms with Gasteiger partial charge in [-0.2, -0.15) is 0 Å². The van der Waals surface area contributed by atoms with Gasteiger partial charge in [0.1, 0.15) is 5.82 Å². The first-order valence-electron chi connectivity index (χ1n) is 8.88. The molecule has 130 valence electrons. The molecule has 2 aromatic heterocycles. The molecule has 0 unspecified atom stereocenters. The van der Waals surface area contributed by atoms with E-state index in [4.69, 9.17) is 9.40 Å². The molecule has 0 radical (unpaired) electrons. The number of nitrogens with zero attached hydrogens (tertiary/aromatic N) is 4. The molecule has 0 saturated carbocycles. The second-order valence-corrected chi connectivity index (χ2v) is 7.02. The molecule has 1 aliphatic heterocycles. The number of imidazole rings is 1. The van der Waals surface area contributed by atoms with Crippen molar-refractivity contribution in [1.82, 2.24) is 19.4 Å². The molecule has 0 N–H and O–H groups in total. The van der Waals surface area contributed by atoms with Gasteiger partial charge in [-0.05, 0) is 0 Å². The summed E-state index contributed by atoms with van der Waals surface area (Å²) in [4.78, 5) is 11.7. The maximum Gasteiger partial charge on any atom is 0.209 e. The van der Waals surface area contributed by atoms with Gasteiger partial charge in [-0.1, -0.05) is 44.2 Å². The van der Waals surface area contributed by atoms with Gasteiger partial charge in [-0.15, -0.1) is 0 Å². The summed E-state index contributed by atoms with van der Waals surface area (Å²) in [6.07, 6.45) is 2.84. The first-order chi connectivity index (χ1) is 12.1. The number of aromatic nitrogens is 3.